The van der Waals surface area contributed by atoms with E-state index in [1.807, 2.05) is 33.8 Å². The number of sulfonamides is 1. The Morgan fingerprint density at radius 1 is 0.902 bits per heavy atom. The first-order valence-electron chi connectivity index (χ1n) is 13.6. The molecule has 7 nitrogen and oxygen atoms in total. The van der Waals surface area contributed by atoms with Gasteiger partial charge in [-0.25, -0.2) is 8.42 Å². The SMILES string of the molecule is CCCCNC(=O)[C@@H](CC)N(Cc1ccc(Cl)c(Cl)c1)C(=O)CN(c1cccc(C)c1)S(=O)(=O)c1ccc(C)cc1. The van der Waals surface area contributed by atoms with Crippen molar-refractivity contribution < 1.29 is 18.0 Å². The summed E-state index contributed by atoms with van der Waals surface area (Å²) in [5.41, 5.74) is 2.77. The molecule has 10 heteroatoms. The number of nitrogens with one attached hydrogen (secondary N) is 1. The van der Waals surface area contributed by atoms with Crippen molar-refractivity contribution in [1.29, 1.82) is 0 Å². The lowest BCUT2D eigenvalue weighted by molar-refractivity contribution is -0.140. The maximum atomic E-state index is 14.1. The summed E-state index contributed by atoms with van der Waals surface area (Å²) in [7, 11) is -4.12. The van der Waals surface area contributed by atoms with Gasteiger partial charge in [0.15, 0.2) is 0 Å². The Morgan fingerprint density at radius 3 is 2.22 bits per heavy atom. The minimum absolute atomic E-state index is 0.0433. The van der Waals surface area contributed by atoms with Gasteiger partial charge in [0.05, 0.1) is 20.6 Å². The highest BCUT2D eigenvalue weighted by molar-refractivity contribution is 7.92. The van der Waals surface area contributed by atoms with Crippen LogP contribution in [-0.2, 0) is 26.2 Å². The van der Waals surface area contributed by atoms with Crippen LogP contribution in [0.25, 0.3) is 0 Å². The molecule has 3 rings (SSSR count). The van der Waals surface area contributed by atoms with Crippen LogP contribution in [0.2, 0.25) is 10.0 Å². The molecule has 0 unspecified atom stereocenters. The maximum absolute atomic E-state index is 14.1. The highest BCUT2D eigenvalue weighted by atomic mass is 35.5. The summed E-state index contributed by atoms with van der Waals surface area (Å²) in [6.45, 7) is 7.60. The second kappa shape index (κ2) is 14.7. The van der Waals surface area contributed by atoms with E-state index in [1.54, 1.807) is 48.5 Å². The van der Waals surface area contributed by atoms with Crippen molar-refractivity contribution in [3.8, 4) is 0 Å². The highest BCUT2D eigenvalue weighted by Gasteiger charge is 2.33. The maximum Gasteiger partial charge on any atom is 0.264 e. The van der Waals surface area contributed by atoms with E-state index in [1.165, 1.54) is 17.0 Å². The standard InChI is InChI=1S/C31H37Cl2N3O4S/c1-5-7-17-34-31(38)29(6-2)35(20-24-13-16-27(32)28(33)19-24)30(37)21-36(25-10-8-9-23(4)18-25)41(39,40)26-14-11-22(3)12-15-26/h8-16,18-19,29H,5-7,17,20-21H2,1-4H3,(H,34,38)/t29-/m1/s1. The highest BCUT2D eigenvalue weighted by Crippen LogP contribution is 2.27. The Kier molecular flexibility index (Phi) is 11.6. The van der Waals surface area contributed by atoms with Gasteiger partial charge in [0.1, 0.15) is 12.6 Å². The summed E-state index contributed by atoms with van der Waals surface area (Å²) >= 11 is 12.4. The summed E-state index contributed by atoms with van der Waals surface area (Å²) in [4.78, 5) is 28.9. The number of rotatable bonds is 13. The number of nitrogens with zero attached hydrogens (tertiary/aromatic N) is 2. The van der Waals surface area contributed by atoms with Crippen LogP contribution in [-0.4, -0.2) is 44.3 Å². The molecule has 0 aromatic heterocycles. The molecule has 3 aromatic carbocycles. The third kappa shape index (κ3) is 8.47. The Labute approximate surface area is 253 Å². The monoisotopic (exact) mass is 617 g/mol. The molecular weight excluding hydrogens is 581 g/mol. The number of carbonyl (C=O) groups excluding carboxylic acids is 2. The zero-order valence-corrected chi connectivity index (χ0v) is 26.2. The molecule has 0 aliphatic rings. The number of carbonyl (C=O) groups is 2. The minimum atomic E-state index is -4.12. The van der Waals surface area contributed by atoms with Crippen molar-refractivity contribution in [1.82, 2.24) is 10.2 Å². The normalized spacial score (nSPS) is 12.0. The van der Waals surface area contributed by atoms with E-state index in [2.05, 4.69) is 5.32 Å². The number of amides is 2. The fourth-order valence-electron chi connectivity index (χ4n) is 4.41. The molecule has 41 heavy (non-hydrogen) atoms. The molecule has 0 bridgehead atoms. The second-order valence-electron chi connectivity index (χ2n) is 10.0. The minimum Gasteiger partial charge on any atom is -0.354 e. The fourth-order valence-corrected chi connectivity index (χ4v) is 6.14. The molecule has 0 spiro atoms. The van der Waals surface area contributed by atoms with Gasteiger partial charge in [-0.1, -0.05) is 79.4 Å². The summed E-state index contributed by atoms with van der Waals surface area (Å²) in [6, 6.07) is 17.7. The van der Waals surface area contributed by atoms with E-state index in [9.17, 15) is 18.0 Å². The average molecular weight is 619 g/mol. The molecule has 1 N–H and O–H groups in total. The number of hydrogen-bond acceptors (Lipinski definition) is 4. The smallest absolute Gasteiger partial charge is 0.264 e. The molecule has 0 fully saturated rings. The van der Waals surface area contributed by atoms with Crippen LogP contribution in [0.5, 0.6) is 0 Å². The predicted octanol–water partition coefficient (Wildman–Crippen LogP) is 6.53. The Balaban J connectivity index is 2.05. The lowest BCUT2D eigenvalue weighted by Crippen LogP contribution is -2.52. The van der Waals surface area contributed by atoms with Crippen LogP contribution in [0.4, 0.5) is 5.69 Å². The predicted molar refractivity (Wildman–Crippen MR) is 166 cm³/mol. The van der Waals surface area contributed by atoms with Gasteiger partial charge >= 0.3 is 0 Å². The van der Waals surface area contributed by atoms with Gasteiger partial charge < -0.3 is 10.2 Å². The van der Waals surface area contributed by atoms with Crippen molar-refractivity contribution in [2.24, 2.45) is 0 Å². The van der Waals surface area contributed by atoms with Crippen LogP contribution in [0.15, 0.2) is 71.6 Å². The number of aryl methyl sites for hydroxylation is 2. The van der Waals surface area contributed by atoms with E-state index in [0.29, 0.717) is 34.3 Å². The second-order valence-corrected chi connectivity index (χ2v) is 12.7. The summed E-state index contributed by atoms with van der Waals surface area (Å²) < 4.78 is 29.0. The fraction of sp³-hybridized carbons (Fsp3) is 0.355. The zero-order chi connectivity index (χ0) is 30.2. The van der Waals surface area contributed by atoms with Crippen molar-refractivity contribution in [3.05, 3.63) is 93.5 Å². The molecule has 0 heterocycles. The number of unbranched alkanes of at least 4 members (excludes halogenated alkanes) is 1. The summed E-state index contributed by atoms with van der Waals surface area (Å²) in [6.07, 6.45) is 2.05. The molecule has 0 saturated carbocycles. The van der Waals surface area contributed by atoms with Gasteiger partial charge in [-0.2, -0.15) is 0 Å². The van der Waals surface area contributed by atoms with Gasteiger partial charge in [-0.15, -0.1) is 0 Å². The number of anilines is 1. The summed E-state index contributed by atoms with van der Waals surface area (Å²) in [5, 5.41) is 3.61. The van der Waals surface area contributed by atoms with E-state index < -0.39 is 28.5 Å². The van der Waals surface area contributed by atoms with Gasteiger partial charge in [0.25, 0.3) is 10.0 Å². The Morgan fingerprint density at radius 2 is 1.61 bits per heavy atom. The third-order valence-corrected chi connectivity index (χ3v) is 9.26. The topological polar surface area (TPSA) is 86.8 Å². The van der Waals surface area contributed by atoms with Gasteiger partial charge in [-0.3, -0.25) is 13.9 Å². The molecule has 0 saturated heterocycles. The first-order valence-corrected chi connectivity index (χ1v) is 15.8. The number of halogens is 2. The van der Waals surface area contributed by atoms with Crippen molar-refractivity contribution in [3.63, 3.8) is 0 Å². The van der Waals surface area contributed by atoms with Crippen LogP contribution in [0.1, 0.15) is 49.8 Å². The third-order valence-electron chi connectivity index (χ3n) is 6.73. The van der Waals surface area contributed by atoms with E-state index in [0.717, 1.165) is 28.3 Å². The van der Waals surface area contributed by atoms with E-state index in [-0.39, 0.29) is 17.3 Å². The van der Waals surface area contributed by atoms with Gasteiger partial charge in [-0.05, 0) is 74.2 Å². The lowest BCUT2D eigenvalue weighted by Gasteiger charge is -2.33. The van der Waals surface area contributed by atoms with Crippen molar-refractivity contribution in [2.75, 3.05) is 17.4 Å². The van der Waals surface area contributed by atoms with Crippen LogP contribution < -0.4 is 9.62 Å². The number of hydrogen-bond donors (Lipinski definition) is 1. The molecule has 3 aromatic rings. The zero-order valence-electron chi connectivity index (χ0n) is 23.9. The molecule has 1 atom stereocenters. The molecule has 2 amide bonds. The molecule has 220 valence electrons. The van der Waals surface area contributed by atoms with E-state index in [4.69, 9.17) is 23.2 Å². The molecular formula is C31H37Cl2N3O4S. The van der Waals surface area contributed by atoms with Crippen LogP contribution >= 0.6 is 23.2 Å². The lowest BCUT2D eigenvalue weighted by atomic mass is 10.1. The first kappa shape index (κ1) is 32.4. The quantitative estimate of drug-likeness (QED) is 0.221. The number of benzene rings is 3. The first-order chi connectivity index (χ1) is 19.5. The van der Waals surface area contributed by atoms with Crippen molar-refractivity contribution >= 4 is 50.7 Å². The summed E-state index contributed by atoms with van der Waals surface area (Å²) in [5.74, 6) is -0.816. The van der Waals surface area contributed by atoms with E-state index >= 15 is 0 Å². The molecule has 0 radical (unpaired) electrons. The van der Waals surface area contributed by atoms with Crippen LogP contribution in [0.3, 0.4) is 0 Å². The molecule has 0 aliphatic carbocycles. The van der Waals surface area contributed by atoms with Gasteiger partial charge in [0.2, 0.25) is 11.8 Å². The van der Waals surface area contributed by atoms with Crippen molar-refractivity contribution in [2.45, 2.75) is 64.4 Å². The Hall–Kier alpha value is -3.07. The van der Waals surface area contributed by atoms with Gasteiger partial charge in [0, 0.05) is 13.1 Å². The average Bonchev–Trinajstić information content (AvgIpc) is 2.93. The largest absolute Gasteiger partial charge is 0.354 e. The molecule has 0 aliphatic heterocycles. The Bertz CT molecular complexity index is 1460. The van der Waals surface area contributed by atoms with Crippen LogP contribution in [0, 0.1) is 13.8 Å².